The highest BCUT2D eigenvalue weighted by Crippen LogP contribution is 2.16. The van der Waals surface area contributed by atoms with Gasteiger partial charge in [-0.1, -0.05) is 43.0 Å². The molecule has 17 heavy (non-hydrogen) atoms. The van der Waals surface area contributed by atoms with Crippen molar-refractivity contribution in [2.24, 2.45) is 0 Å². The van der Waals surface area contributed by atoms with Gasteiger partial charge in [-0.25, -0.2) is 14.8 Å². The van der Waals surface area contributed by atoms with Gasteiger partial charge in [0.05, 0.1) is 0 Å². The third-order valence-electron chi connectivity index (χ3n) is 2.27. The lowest BCUT2D eigenvalue weighted by atomic mass is 10.2. The first-order valence-corrected chi connectivity index (χ1v) is 5.00. The number of aromatic carboxylic acids is 1. The minimum Gasteiger partial charge on any atom is -0.476 e. The molecule has 0 atom stereocenters. The molecule has 0 amide bonds. The first-order chi connectivity index (χ1) is 8.22. The van der Waals surface area contributed by atoms with Crippen molar-refractivity contribution in [1.29, 1.82) is 0 Å². The normalized spacial score (nSPS) is 9.88. The highest BCUT2D eigenvalue weighted by Gasteiger charge is 2.12. The molecule has 0 unspecified atom stereocenters. The van der Waals surface area contributed by atoms with Gasteiger partial charge in [-0.05, 0) is 0 Å². The number of benzene rings is 1. The van der Waals surface area contributed by atoms with Crippen LogP contribution in [0.4, 0.5) is 0 Å². The Morgan fingerprint density at radius 2 is 2.00 bits per heavy atom. The molecule has 0 spiro atoms. The van der Waals surface area contributed by atoms with Gasteiger partial charge < -0.3 is 5.11 Å². The standard InChI is InChI=1S/C13H10N2O2/c1-2-9-8-14-12(15-11(9)13(16)17)10-6-4-3-5-7-10/h2-8H,1H2,(H,16,17). The monoisotopic (exact) mass is 226 g/mol. The fourth-order valence-electron chi connectivity index (χ4n) is 1.44. The average Bonchev–Trinajstić information content (AvgIpc) is 2.39. The van der Waals surface area contributed by atoms with Crippen LogP contribution in [0.25, 0.3) is 17.5 Å². The molecule has 1 aromatic heterocycles. The van der Waals surface area contributed by atoms with Crippen LogP contribution in [0.3, 0.4) is 0 Å². The van der Waals surface area contributed by atoms with Crippen LogP contribution in [-0.4, -0.2) is 21.0 Å². The molecule has 1 aromatic carbocycles. The van der Waals surface area contributed by atoms with Crippen LogP contribution in [-0.2, 0) is 0 Å². The number of carbonyl (C=O) groups is 1. The van der Waals surface area contributed by atoms with Crippen LogP contribution < -0.4 is 0 Å². The Bertz CT molecular complexity index is 565. The maximum atomic E-state index is 11.0. The van der Waals surface area contributed by atoms with Crippen LogP contribution in [0.2, 0.25) is 0 Å². The van der Waals surface area contributed by atoms with Gasteiger partial charge in [-0.15, -0.1) is 0 Å². The molecule has 4 heteroatoms. The van der Waals surface area contributed by atoms with Crippen molar-refractivity contribution in [2.75, 3.05) is 0 Å². The molecule has 0 aliphatic rings. The van der Waals surface area contributed by atoms with E-state index in [2.05, 4.69) is 16.5 Å². The lowest BCUT2D eigenvalue weighted by Crippen LogP contribution is -2.05. The zero-order valence-corrected chi connectivity index (χ0v) is 9.00. The number of nitrogens with zero attached hydrogens (tertiary/aromatic N) is 2. The lowest BCUT2D eigenvalue weighted by molar-refractivity contribution is 0.0690. The van der Waals surface area contributed by atoms with E-state index >= 15 is 0 Å². The van der Waals surface area contributed by atoms with Crippen LogP contribution in [0.5, 0.6) is 0 Å². The van der Waals surface area contributed by atoms with Crippen LogP contribution in [0.15, 0.2) is 43.1 Å². The summed E-state index contributed by atoms with van der Waals surface area (Å²) in [5.74, 6) is -0.687. The van der Waals surface area contributed by atoms with Crippen molar-refractivity contribution < 1.29 is 9.90 Å². The predicted molar refractivity (Wildman–Crippen MR) is 64.5 cm³/mol. The minimum atomic E-state index is -1.08. The van der Waals surface area contributed by atoms with Gasteiger partial charge in [0.2, 0.25) is 0 Å². The minimum absolute atomic E-state index is 0.0335. The van der Waals surface area contributed by atoms with Crippen molar-refractivity contribution in [2.45, 2.75) is 0 Å². The quantitative estimate of drug-likeness (QED) is 0.873. The summed E-state index contributed by atoms with van der Waals surface area (Å²) in [4.78, 5) is 19.2. The molecule has 0 saturated heterocycles. The molecule has 0 saturated carbocycles. The summed E-state index contributed by atoms with van der Waals surface area (Å²) in [6.07, 6.45) is 2.89. The fourth-order valence-corrected chi connectivity index (χ4v) is 1.44. The zero-order chi connectivity index (χ0) is 12.3. The fraction of sp³-hybridized carbons (Fsp3) is 0. The van der Waals surface area contributed by atoms with Gasteiger partial charge >= 0.3 is 5.97 Å². The van der Waals surface area contributed by atoms with E-state index < -0.39 is 5.97 Å². The molecular formula is C13H10N2O2. The Hall–Kier alpha value is -2.49. The highest BCUT2D eigenvalue weighted by atomic mass is 16.4. The number of carboxylic acids is 1. The number of hydrogen-bond donors (Lipinski definition) is 1. The summed E-state index contributed by atoms with van der Waals surface area (Å²) >= 11 is 0. The number of carboxylic acid groups (broad SMARTS) is 1. The summed E-state index contributed by atoms with van der Waals surface area (Å²) in [5.41, 5.74) is 1.16. The number of rotatable bonds is 3. The molecular weight excluding hydrogens is 216 g/mol. The molecule has 0 fully saturated rings. The van der Waals surface area contributed by atoms with Crippen LogP contribution in [0.1, 0.15) is 16.1 Å². The summed E-state index contributed by atoms with van der Waals surface area (Å²) in [7, 11) is 0. The van der Waals surface area contributed by atoms with Gasteiger partial charge in [-0.2, -0.15) is 0 Å². The number of aromatic nitrogens is 2. The summed E-state index contributed by atoms with van der Waals surface area (Å²) < 4.78 is 0. The van der Waals surface area contributed by atoms with Crippen molar-refractivity contribution in [3.05, 3.63) is 54.4 Å². The van der Waals surface area contributed by atoms with Crippen molar-refractivity contribution in [3.63, 3.8) is 0 Å². The molecule has 0 aliphatic carbocycles. The molecule has 2 aromatic rings. The topological polar surface area (TPSA) is 63.1 Å². The molecule has 0 aliphatic heterocycles. The van der Waals surface area contributed by atoms with Gasteiger partial charge in [0.15, 0.2) is 11.5 Å². The third kappa shape index (κ3) is 2.20. The second kappa shape index (κ2) is 4.57. The predicted octanol–water partition coefficient (Wildman–Crippen LogP) is 2.48. The lowest BCUT2D eigenvalue weighted by Gasteiger charge is -2.03. The van der Waals surface area contributed by atoms with Crippen LogP contribution >= 0.6 is 0 Å². The van der Waals surface area contributed by atoms with Gasteiger partial charge in [0.25, 0.3) is 0 Å². The Kier molecular flexibility index (Phi) is 2.96. The zero-order valence-electron chi connectivity index (χ0n) is 9.00. The first kappa shape index (κ1) is 11.0. The average molecular weight is 226 g/mol. The second-order valence-corrected chi connectivity index (χ2v) is 3.37. The van der Waals surface area contributed by atoms with E-state index in [1.165, 1.54) is 12.3 Å². The summed E-state index contributed by atoms with van der Waals surface area (Å²) in [5, 5.41) is 9.03. The molecule has 0 bridgehead atoms. The molecule has 0 radical (unpaired) electrons. The SMILES string of the molecule is C=Cc1cnc(-c2ccccc2)nc1C(=O)O. The van der Waals surface area contributed by atoms with Crippen LogP contribution in [0, 0.1) is 0 Å². The van der Waals surface area contributed by atoms with E-state index in [1.54, 1.807) is 0 Å². The third-order valence-corrected chi connectivity index (χ3v) is 2.27. The summed E-state index contributed by atoms with van der Waals surface area (Å²) in [6.45, 7) is 3.53. The van der Waals surface area contributed by atoms with E-state index in [0.717, 1.165) is 5.56 Å². The Morgan fingerprint density at radius 3 is 2.59 bits per heavy atom. The molecule has 84 valence electrons. The smallest absolute Gasteiger partial charge is 0.355 e. The van der Waals surface area contributed by atoms with E-state index in [9.17, 15) is 4.79 Å². The van der Waals surface area contributed by atoms with Gasteiger partial charge in [-0.3, -0.25) is 0 Å². The molecule has 1 N–H and O–H groups in total. The largest absolute Gasteiger partial charge is 0.476 e. The van der Waals surface area contributed by atoms with Crippen molar-refractivity contribution >= 4 is 12.0 Å². The van der Waals surface area contributed by atoms with Gasteiger partial charge in [0, 0.05) is 17.3 Å². The second-order valence-electron chi connectivity index (χ2n) is 3.37. The maximum absolute atomic E-state index is 11.0. The van der Waals surface area contributed by atoms with E-state index in [1.807, 2.05) is 30.3 Å². The highest BCUT2D eigenvalue weighted by molar-refractivity contribution is 5.90. The van der Waals surface area contributed by atoms with Crippen molar-refractivity contribution in [3.8, 4) is 11.4 Å². The Morgan fingerprint density at radius 1 is 1.29 bits per heavy atom. The van der Waals surface area contributed by atoms with E-state index in [0.29, 0.717) is 11.4 Å². The molecule has 4 nitrogen and oxygen atoms in total. The Labute approximate surface area is 98.3 Å². The number of hydrogen-bond acceptors (Lipinski definition) is 3. The summed E-state index contributed by atoms with van der Waals surface area (Å²) in [6, 6.07) is 9.23. The maximum Gasteiger partial charge on any atom is 0.355 e. The first-order valence-electron chi connectivity index (χ1n) is 5.00. The Balaban J connectivity index is 2.55. The van der Waals surface area contributed by atoms with Gasteiger partial charge in [0.1, 0.15) is 0 Å². The van der Waals surface area contributed by atoms with E-state index in [4.69, 9.17) is 5.11 Å². The molecule has 1 heterocycles. The molecule has 2 rings (SSSR count). The van der Waals surface area contributed by atoms with Crippen molar-refractivity contribution in [1.82, 2.24) is 9.97 Å². The van der Waals surface area contributed by atoms with E-state index in [-0.39, 0.29) is 5.69 Å².